The monoisotopic (exact) mass is 247 g/mol. The lowest BCUT2D eigenvalue weighted by Crippen LogP contribution is -2.16. The Labute approximate surface area is 106 Å². The van der Waals surface area contributed by atoms with Crippen molar-refractivity contribution in [3.63, 3.8) is 0 Å². The average molecular weight is 247 g/mol. The van der Waals surface area contributed by atoms with E-state index in [4.69, 9.17) is 5.73 Å². The molecule has 0 bridgehead atoms. The fourth-order valence-electron chi connectivity index (χ4n) is 1.65. The van der Waals surface area contributed by atoms with E-state index in [-0.39, 0.29) is 0 Å². The van der Waals surface area contributed by atoms with Gasteiger partial charge in [0.05, 0.1) is 5.69 Å². The summed E-state index contributed by atoms with van der Waals surface area (Å²) in [6.45, 7) is 4.98. The van der Waals surface area contributed by atoms with Crippen molar-refractivity contribution in [1.29, 1.82) is 0 Å². The molecule has 0 aliphatic rings. The molecule has 2 N–H and O–H groups in total. The zero-order valence-electron chi connectivity index (χ0n) is 10.4. The fraction of sp³-hybridized carbons (Fsp3) is 0.308. The van der Waals surface area contributed by atoms with Gasteiger partial charge in [-0.3, -0.25) is 0 Å². The van der Waals surface area contributed by atoms with Gasteiger partial charge in [0.1, 0.15) is 0 Å². The summed E-state index contributed by atoms with van der Waals surface area (Å²) in [5.74, 6) is 0. The SMILES string of the molecule is Cc1nc(N(C)Cc2cccc(N)c2)sc1C. The van der Waals surface area contributed by atoms with E-state index in [1.54, 1.807) is 11.3 Å². The Morgan fingerprint density at radius 1 is 1.35 bits per heavy atom. The molecule has 0 atom stereocenters. The van der Waals surface area contributed by atoms with Crippen molar-refractivity contribution < 1.29 is 0 Å². The molecule has 0 amide bonds. The number of rotatable bonds is 3. The van der Waals surface area contributed by atoms with Gasteiger partial charge < -0.3 is 10.6 Å². The summed E-state index contributed by atoms with van der Waals surface area (Å²) in [5.41, 5.74) is 8.90. The Balaban J connectivity index is 2.14. The van der Waals surface area contributed by atoms with E-state index in [0.29, 0.717) is 0 Å². The molecule has 0 fully saturated rings. The summed E-state index contributed by atoms with van der Waals surface area (Å²) in [7, 11) is 2.06. The topological polar surface area (TPSA) is 42.2 Å². The van der Waals surface area contributed by atoms with E-state index in [1.807, 2.05) is 25.1 Å². The van der Waals surface area contributed by atoms with E-state index in [0.717, 1.165) is 23.1 Å². The van der Waals surface area contributed by atoms with Crippen molar-refractivity contribution in [2.24, 2.45) is 0 Å². The predicted molar refractivity (Wildman–Crippen MR) is 74.5 cm³/mol. The molecular formula is C13H17N3S. The third-order valence-electron chi connectivity index (χ3n) is 2.71. The number of aromatic nitrogens is 1. The second-order valence-electron chi connectivity index (χ2n) is 4.24. The van der Waals surface area contributed by atoms with Gasteiger partial charge in [-0.1, -0.05) is 12.1 Å². The van der Waals surface area contributed by atoms with Gasteiger partial charge in [0.2, 0.25) is 0 Å². The maximum Gasteiger partial charge on any atom is 0.185 e. The first-order valence-corrected chi connectivity index (χ1v) is 6.37. The van der Waals surface area contributed by atoms with Crippen molar-refractivity contribution in [3.8, 4) is 0 Å². The standard InChI is InChI=1S/C13H17N3S/c1-9-10(2)17-13(15-9)16(3)8-11-5-4-6-12(14)7-11/h4-7H,8,14H2,1-3H3. The molecule has 2 rings (SSSR count). The van der Waals surface area contributed by atoms with Crippen molar-refractivity contribution in [2.45, 2.75) is 20.4 Å². The van der Waals surface area contributed by atoms with Crippen LogP contribution in [0, 0.1) is 13.8 Å². The number of aryl methyl sites for hydroxylation is 2. The van der Waals surface area contributed by atoms with Crippen LogP contribution in [0.25, 0.3) is 0 Å². The molecule has 17 heavy (non-hydrogen) atoms. The highest BCUT2D eigenvalue weighted by Crippen LogP contribution is 2.25. The van der Waals surface area contributed by atoms with Crippen molar-refractivity contribution in [3.05, 3.63) is 40.4 Å². The van der Waals surface area contributed by atoms with Crippen LogP contribution in [0.15, 0.2) is 24.3 Å². The highest BCUT2D eigenvalue weighted by atomic mass is 32.1. The largest absolute Gasteiger partial charge is 0.399 e. The summed E-state index contributed by atoms with van der Waals surface area (Å²) in [6.07, 6.45) is 0. The molecule has 0 aliphatic heterocycles. The Morgan fingerprint density at radius 3 is 2.71 bits per heavy atom. The normalized spacial score (nSPS) is 10.5. The highest BCUT2D eigenvalue weighted by Gasteiger charge is 2.08. The molecule has 0 unspecified atom stereocenters. The van der Waals surface area contributed by atoms with Crippen LogP contribution in [-0.4, -0.2) is 12.0 Å². The van der Waals surface area contributed by atoms with Crippen LogP contribution in [-0.2, 0) is 6.54 Å². The molecule has 90 valence electrons. The Hall–Kier alpha value is -1.55. The number of nitrogen functional groups attached to an aromatic ring is 1. The van der Waals surface area contributed by atoms with Crippen molar-refractivity contribution in [1.82, 2.24) is 4.98 Å². The van der Waals surface area contributed by atoms with E-state index < -0.39 is 0 Å². The number of hydrogen-bond acceptors (Lipinski definition) is 4. The van der Waals surface area contributed by atoms with Crippen LogP contribution < -0.4 is 10.6 Å². The molecule has 0 saturated heterocycles. The third kappa shape index (κ3) is 2.77. The quantitative estimate of drug-likeness (QED) is 0.848. The summed E-state index contributed by atoms with van der Waals surface area (Å²) in [4.78, 5) is 7.97. The second-order valence-corrected chi connectivity index (χ2v) is 5.42. The first-order chi connectivity index (χ1) is 8.06. The van der Waals surface area contributed by atoms with Crippen molar-refractivity contribution in [2.75, 3.05) is 17.7 Å². The molecule has 1 aromatic heterocycles. The molecule has 2 aromatic rings. The van der Waals surface area contributed by atoms with Gasteiger partial charge in [0.15, 0.2) is 5.13 Å². The first kappa shape index (κ1) is 11.9. The predicted octanol–water partition coefficient (Wildman–Crippen LogP) is 2.98. The molecule has 0 saturated carbocycles. The van der Waals surface area contributed by atoms with E-state index in [1.165, 1.54) is 10.4 Å². The Morgan fingerprint density at radius 2 is 2.12 bits per heavy atom. The van der Waals surface area contributed by atoms with Crippen LogP contribution >= 0.6 is 11.3 Å². The van der Waals surface area contributed by atoms with Crippen LogP contribution in [0.3, 0.4) is 0 Å². The smallest absolute Gasteiger partial charge is 0.185 e. The van der Waals surface area contributed by atoms with Gasteiger partial charge in [0, 0.05) is 24.2 Å². The minimum Gasteiger partial charge on any atom is -0.399 e. The lowest BCUT2D eigenvalue weighted by atomic mass is 10.2. The summed E-state index contributed by atoms with van der Waals surface area (Å²) < 4.78 is 0. The van der Waals surface area contributed by atoms with Gasteiger partial charge in [-0.05, 0) is 31.5 Å². The minimum absolute atomic E-state index is 0.808. The number of nitrogens with zero attached hydrogens (tertiary/aromatic N) is 2. The third-order valence-corrected chi connectivity index (χ3v) is 3.90. The Kier molecular flexibility index (Phi) is 3.33. The van der Waals surface area contributed by atoms with Crippen LogP contribution in [0.2, 0.25) is 0 Å². The summed E-state index contributed by atoms with van der Waals surface area (Å²) in [6, 6.07) is 7.97. The van der Waals surface area contributed by atoms with Gasteiger partial charge in [-0.25, -0.2) is 4.98 Å². The molecule has 1 aromatic carbocycles. The molecule has 0 aliphatic carbocycles. The number of benzene rings is 1. The van der Waals surface area contributed by atoms with Gasteiger partial charge in [-0.15, -0.1) is 11.3 Å². The zero-order valence-corrected chi connectivity index (χ0v) is 11.2. The molecule has 0 spiro atoms. The van der Waals surface area contributed by atoms with E-state index >= 15 is 0 Å². The first-order valence-electron chi connectivity index (χ1n) is 5.56. The van der Waals surface area contributed by atoms with Crippen LogP contribution in [0.4, 0.5) is 10.8 Å². The molecule has 0 radical (unpaired) electrons. The summed E-state index contributed by atoms with van der Waals surface area (Å²) in [5, 5.41) is 1.06. The van der Waals surface area contributed by atoms with Crippen LogP contribution in [0.1, 0.15) is 16.1 Å². The number of nitrogens with two attached hydrogens (primary N) is 1. The van der Waals surface area contributed by atoms with Crippen molar-refractivity contribution >= 4 is 22.2 Å². The number of thiazole rings is 1. The molecule has 4 heteroatoms. The maximum atomic E-state index is 5.77. The molecule has 3 nitrogen and oxygen atoms in total. The van der Waals surface area contributed by atoms with Gasteiger partial charge >= 0.3 is 0 Å². The molecular weight excluding hydrogens is 230 g/mol. The van der Waals surface area contributed by atoms with E-state index in [9.17, 15) is 0 Å². The number of hydrogen-bond donors (Lipinski definition) is 1. The minimum atomic E-state index is 0.808. The lowest BCUT2D eigenvalue weighted by molar-refractivity contribution is 0.911. The fourth-order valence-corrected chi connectivity index (χ4v) is 2.52. The van der Waals surface area contributed by atoms with Crippen LogP contribution in [0.5, 0.6) is 0 Å². The number of anilines is 2. The Bertz CT molecular complexity index is 500. The molecule has 1 heterocycles. The zero-order chi connectivity index (χ0) is 12.4. The lowest BCUT2D eigenvalue weighted by Gasteiger charge is -2.15. The second kappa shape index (κ2) is 4.75. The van der Waals surface area contributed by atoms with E-state index in [2.05, 4.69) is 29.9 Å². The maximum absolute atomic E-state index is 5.77. The average Bonchev–Trinajstić information content (AvgIpc) is 2.59. The van der Waals surface area contributed by atoms with Gasteiger partial charge in [-0.2, -0.15) is 0 Å². The van der Waals surface area contributed by atoms with Gasteiger partial charge in [0.25, 0.3) is 0 Å². The highest BCUT2D eigenvalue weighted by molar-refractivity contribution is 7.15. The summed E-state index contributed by atoms with van der Waals surface area (Å²) >= 11 is 1.73.